The van der Waals surface area contributed by atoms with Gasteiger partial charge in [-0.25, -0.2) is 3.63 Å². The number of carbonyl (C=O) groups excluding carboxylic acids is 4. The van der Waals surface area contributed by atoms with Gasteiger partial charge < -0.3 is 4.74 Å². The number of Topliss-reactive ketones (excluding diaryl/α,β-unsaturated/α-hetero) is 3. The van der Waals surface area contributed by atoms with Gasteiger partial charge in [-0.3, -0.25) is 19.2 Å². The monoisotopic (exact) mass is 858 g/mol. The molecule has 0 N–H and O–H groups in total. The van der Waals surface area contributed by atoms with Crippen LogP contribution in [0.1, 0.15) is 78.1 Å². The lowest BCUT2D eigenvalue weighted by Gasteiger charge is -2.54. The quantitative estimate of drug-likeness (QED) is 0.116. The van der Waals surface area contributed by atoms with Crippen LogP contribution in [0.5, 0.6) is 0 Å². The second kappa shape index (κ2) is 16.5. The van der Waals surface area contributed by atoms with Crippen molar-refractivity contribution < 1.29 is 53.5 Å². The van der Waals surface area contributed by atoms with Crippen molar-refractivity contribution in [2.24, 2.45) is 46.8 Å². The molecular weight excluding hydrogens is 809 g/mol. The Labute approximate surface area is 344 Å². The molecule has 3 aromatic carbocycles. The van der Waals surface area contributed by atoms with Crippen LogP contribution in [0.25, 0.3) is 0 Å². The van der Waals surface area contributed by atoms with E-state index in [0.717, 1.165) is 0 Å². The number of hydrogen-bond acceptors (Lipinski definition) is 8. The molecule has 318 valence electrons. The Morgan fingerprint density at radius 1 is 0.797 bits per heavy atom. The molecule has 4 saturated carbocycles. The molecule has 14 heteroatoms. The first-order valence-electron chi connectivity index (χ1n) is 20.4. The highest BCUT2D eigenvalue weighted by atomic mass is 32.3. The van der Waals surface area contributed by atoms with Crippen molar-refractivity contribution >= 4 is 43.7 Å². The molecule has 0 heterocycles. The molecule has 0 saturated heterocycles. The lowest BCUT2D eigenvalue weighted by molar-refractivity contribution is -0.174. The summed E-state index contributed by atoms with van der Waals surface area (Å²) in [5.74, 6) is -6.29. The molecule has 8 atom stereocenters. The van der Waals surface area contributed by atoms with Crippen LogP contribution in [0.15, 0.2) is 106 Å². The minimum absolute atomic E-state index is 0.00702. The van der Waals surface area contributed by atoms with E-state index in [4.69, 9.17) is 8.37 Å². The molecular formula is C45H50F4O8S2. The first-order chi connectivity index (χ1) is 27.9. The number of ketones is 3. The average Bonchev–Trinajstić information content (AvgIpc) is 3.58. The van der Waals surface area contributed by atoms with E-state index in [1.54, 1.807) is 54.6 Å². The van der Waals surface area contributed by atoms with Gasteiger partial charge >= 0.3 is 27.3 Å². The van der Waals surface area contributed by atoms with E-state index in [0.29, 0.717) is 38.5 Å². The van der Waals surface area contributed by atoms with E-state index < -0.39 is 56.0 Å². The van der Waals surface area contributed by atoms with Gasteiger partial charge in [-0.05, 0) is 108 Å². The number of halogens is 4. The normalized spacial score (nSPS) is 28.3. The molecule has 0 spiro atoms. The standard InChI is InChI=1S/C45H50F4O8S2/c1-29(37-21-22-38-42-36(28-40(52)43(37,38)2)35-20-19-31(50)26-30(35)27-39(42)51)18-23-41(53)56-25-24-44(46,47)45(48,49)59(54,55)57-58(32-12-6-3-7-13-32,33-14-8-4-9-15-33)34-16-10-5-11-17-34/h3-17,29-30,35-38,42H,18-28H2,1-2H3. The molecule has 4 aliphatic carbocycles. The van der Waals surface area contributed by atoms with Crippen LogP contribution in [-0.2, 0) is 37.7 Å². The van der Waals surface area contributed by atoms with Gasteiger partial charge in [-0.1, -0.05) is 68.4 Å². The van der Waals surface area contributed by atoms with Crippen molar-refractivity contribution in [3.63, 3.8) is 0 Å². The molecule has 0 bridgehead atoms. The van der Waals surface area contributed by atoms with Gasteiger partial charge in [0.05, 0.1) is 13.0 Å². The molecule has 59 heavy (non-hydrogen) atoms. The smallest absolute Gasteiger partial charge is 0.432 e. The van der Waals surface area contributed by atoms with Crippen molar-refractivity contribution in [3.05, 3.63) is 91.0 Å². The number of rotatable bonds is 14. The molecule has 4 fully saturated rings. The largest absolute Gasteiger partial charge is 0.465 e. The lowest BCUT2D eigenvalue weighted by Crippen LogP contribution is -2.56. The number of hydrogen-bond donors (Lipinski definition) is 0. The van der Waals surface area contributed by atoms with Crippen molar-refractivity contribution in [2.45, 2.75) is 104 Å². The summed E-state index contributed by atoms with van der Waals surface area (Å²) in [5, 5.41) is -5.73. The minimum atomic E-state index is -6.39. The number of esters is 1. The van der Waals surface area contributed by atoms with Crippen LogP contribution in [0.3, 0.4) is 0 Å². The van der Waals surface area contributed by atoms with Crippen LogP contribution in [0, 0.1) is 46.8 Å². The fourth-order valence-corrected chi connectivity index (χ4v) is 16.2. The number of alkyl halides is 4. The van der Waals surface area contributed by atoms with Gasteiger partial charge in [0, 0.05) is 58.1 Å². The van der Waals surface area contributed by atoms with Gasteiger partial charge in [-0.15, -0.1) is 0 Å². The van der Waals surface area contributed by atoms with Crippen molar-refractivity contribution in [2.75, 3.05) is 6.61 Å². The third-order valence-electron chi connectivity index (χ3n) is 13.8. The SMILES string of the molecule is CC(CCC(=O)OCCC(F)(F)C(F)(F)S(=O)(=O)OS(c1ccccc1)(c1ccccc1)c1ccccc1)C1CCC2C3C(=O)CC4CC(=O)CCC4C3CC(=O)C12C. The van der Waals surface area contributed by atoms with Crippen LogP contribution in [0.4, 0.5) is 17.6 Å². The van der Waals surface area contributed by atoms with Gasteiger partial charge in [0.15, 0.2) is 0 Å². The maximum atomic E-state index is 15.8. The Bertz CT molecular complexity index is 2060. The Morgan fingerprint density at radius 3 is 1.92 bits per heavy atom. The zero-order valence-corrected chi connectivity index (χ0v) is 34.7. The Hall–Kier alpha value is -3.88. The summed E-state index contributed by atoms with van der Waals surface area (Å²) in [5.41, 5.74) is -0.778. The van der Waals surface area contributed by atoms with Gasteiger partial charge in [0.2, 0.25) is 0 Å². The summed E-state index contributed by atoms with van der Waals surface area (Å²) in [6, 6.07) is 23.2. The predicted molar refractivity (Wildman–Crippen MR) is 212 cm³/mol. The number of benzene rings is 3. The van der Waals surface area contributed by atoms with Gasteiger partial charge in [0.25, 0.3) is 0 Å². The van der Waals surface area contributed by atoms with Crippen LogP contribution in [0.2, 0.25) is 0 Å². The fraction of sp³-hybridized carbons (Fsp3) is 0.511. The Morgan fingerprint density at radius 2 is 1.36 bits per heavy atom. The van der Waals surface area contributed by atoms with Gasteiger partial charge in [0.1, 0.15) is 17.3 Å². The maximum absolute atomic E-state index is 15.8. The Balaban J connectivity index is 0.991. The second-order valence-corrected chi connectivity index (χ2v) is 21.5. The van der Waals surface area contributed by atoms with E-state index in [1.165, 1.54) is 36.4 Å². The molecule has 4 aliphatic rings. The molecule has 8 nitrogen and oxygen atoms in total. The minimum Gasteiger partial charge on any atom is -0.465 e. The lowest BCUT2D eigenvalue weighted by atomic mass is 9.48. The van der Waals surface area contributed by atoms with Crippen LogP contribution in [-0.4, -0.2) is 49.5 Å². The van der Waals surface area contributed by atoms with E-state index in [1.807, 2.05) is 13.8 Å². The summed E-state index contributed by atoms with van der Waals surface area (Å²) in [7, 11) is -9.95. The number of fused-ring (bicyclic) bond motifs is 5. The van der Waals surface area contributed by atoms with Crippen molar-refractivity contribution in [1.29, 1.82) is 0 Å². The molecule has 0 aliphatic heterocycles. The first-order valence-corrected chi connectivity index (χ1v) is 23.3. The highest BCUT2D eigenvalue weighted by Gasteiger charge is 2.68. The summed E-state index contributed by atoms with van der Waals surface area (Å²) < 4.78 is 100. The highest BCUT2D eigenvalue weighted by molar-refractivity contribution is 8.33. The van der Waals surface area contributed by atoms with Gasteiger partial charge in [-0.2, -0.15) is 26.0 Å². The Kier molecular flexibility index (Phi) is 12.1. The van der Waals surface area contributed by atoms with Crippen molar-refractivity contribution in [1.82, 2.24) is 0 Å². The summed E-state index contributed by atoms with van der Waals surface area (Å²) in [4.78, 5) is 53.1. The number of ether oxygens (including phenoxy) is 1. The first kappa shape index (κ1) is 43.2. The molecule has 3 aromatic rings. The van der Waals surface area contributed by atoms with Crippen LogP contribution >= 0.6 is 10.3 Å². The molecule has 7 rings (SSSR count). The van der Waals surface area contributed by atoms with E-state index in [9.17, 15) is 27.6 Å². The second-order valence-electron chi connectivity index (χ2n) is 17.0. The maximum Gasteiger partial charge on any atom is 0.432 e. The molecule has 8 unspecified atom stereocenters. The van der Waals surface area contributed by atoms with E-state index >= 15 is 17.6 Å². The average molecular weight is 859 g/mol. The van der Waals surface area contributed by atoms with E-state index in [-0.39, 0.29) is 92.7 Å². The third kappa shape index (κ3) is 7.71. The summed E-state index contributed by atoms with van der Waals surface area (Å²) in [6.45, 7) is 2.65. The van der Waals surface area contributed by atoms with Crippen LogP contribution < -0.4 is 0 Å². The molecule has 0 radical (unpaired) electrons. The highest BCUT2D eigenvalue weighted by Crippen LogP contribution is 2.71. The molecule has 0 aromatic heterocycles. The zero-order chi connectivity index (χ0) is 42.4. The number of carbonyl (C=O) groups is 4. The molecule has 0 amide bonds. The third-order valence-corrected chi connectivity index (χ3v) is 19.1. The van der Waals surface area contributed by atoms with E-state index in [2.05, 4.69) is 0 Å². The topological polar surface area (TPSA) is 121 Å². The zero-order valence-electron chi connectivity index (χ0n) is 33.1. The summed E-state index contributed by atoms with van der Waals surface area (Å²) >= 11 is 0. The van der Waals surface area contributed by atoms with Crippen molar-refractivity contribution in [3.8, 4) is 0 Å². The fourth-order valence-electron chi connectivity index (χ4n) is 10.9. The summed E-state index contributed by atoms with van der Waals surface area (Å²) in [6.07, 6.45) is 1.80. The predicted octanol–water partition coefficient (Wildman–Crippen LogP) is 10.0.